The molecule has 0 bridgehead atoms. The van der Waals surface area contributed by atoms with E-state index in [1.165, 1.54) is 0 Å². The zero-order chi connectivity index (χ0) is 16.1. The number of phenolic OH excluding ortho intramolecular Hbond substituents is 1. The molecule has 0 saturated heterocycles. The molecule has 112 valence electrons. The van der Waals surface area contributed by atoms with Gasteiger partial charge in [0.15, 0.2) is 11.5 Å². The fourth-order valence-electron chi connectivity index (χ4n) is 1.92. The number of hydrogen-bond donors (Lipinski definition) is 1. The van der Waals surface area contributed by atoms with Crippen LogP contribution in [0.15, 0.2) is 40.9 Å². The predicted octanol–water partition coefficient (Wildman–Crippen LogP) is 5.22. The molecule has 0 unspecified atom stereocenters. The maximum Gasteiger partial charge on any atom is 0.171 e. The Kier molecular flexibility index (Phi) is 5.86. The Morgan fingerprint density at radius 3 is 2.64 bits per heavy atom. The van der Waals surface area contributed by atoms with E-state index < -0.39 is 0 Å². The second-order valence-electron chi connectivity index (χ2n) is 4.46. The summed E-state index contributed by atoms with van der Waals surface area (Å²) in [6.07, 6.45) is 1.79. The van der Waals surface area contributed by atoms with Crippen LogP contribution in [0.2, 0.25) is 0 Å². The van der Waals surface area contributed by atoms with Gasteiger partial charge in [-0.25, -0.2) is 0 Å². The van der Waals surface area contributed by atoms with Crippen LogP contribution >= 0.6 is 38.5 Å². The van der Waals surface area contributed by atoms with Gasteiger partial charge in [0.1, 0.15) is 0 Å². The number of aromatic hydroxyl groups is 1. The number of hydrogen-bond acceptors (Lipinski definition) is 3. The number of benzene rings is 2. The molecule has 0 spiro atoms. The standard InChI is InChI=1S/C17H13BrINO2/c1-2-22-16-9-11(8-15(19)17(16)21)7-13(10-20)12-3-5-14(18)6-4-12/h3-9,21H,2H2,1H3/b13-7-. The van der Waals surface area contributed by atoms with Crippen molar-refractivity contribution in [3.8, 4) is 17.6 Å². The number of phenols is 1. The maximum atomic E-state index is 9.97. The summed E-state index contributed by atoms with van der Waals surface area (Å²) in [5.41, 5.74) is 2.20. The van der Waals surface area contributed by atoms with Crippen molar-refractivity contribution >= 4 is 50.2 Å². The van der Waals surface area contributed by atoms with E-state index in [0.29, 0.717) is 21.5 Å². The van der Waals surface area contributed by atoms with Crippen LogP contribution in [0.1, 0.15) is 18.1 Å². The van der Waals surface area contributed by atoms with Gasteiger partial charge in [-0.1, -0.05) is 28.1 Å². The monoisotopic (exact) mass is 469 g/mol. The quantitative estimate of drug-likeness (QED) is 0.379. The minimum absolute atomic E-state index is 0.127. The first kappa shape index (κ1) is 16.8. The predicted molar refractivity (Wildman–Crippen MR) is 99.6 cm³/mol. The Balaban J connectivity index is 2.46. The van der Waals surface area contributed by atoms with E-state index in [1.807, 2.05) is 59.8 Å². The lowest BCUT2D eigenvalue weighted by Crippen LogP contribution is -1.94. The van der Waals surface area contributed by atoms with Crippen molar-refractivity contribution in [2.75, 3.05) is 6.61 Å². The zero-order valence-electron chi connectivity index (χ0n) is 11.8. The summed E-state index contributed by atoms with van der Waals surface area (Å²) in [4.78, 5) is 0. The molecule has 0 aromatic heterocycles. The largest absolute Gasteiger partial charge is 0.504 e. The molecule has 0 saturated carbocycles. The lowest BCUT2D eigenvalue weighted by atomic mass is 10.0. The molecule has 0 aliphatic heterocycles. The number of halogens is 2. The average molecular weight is 470 g/mol. The van der Waals surface area contributed by atoms with Crippen molar-refractivity contribution in [3.05, 3.63) is 55.6 Å². The summed E-state index contributed by atoms with van der Waals surface area (Å²) in [6.45, 7) is 2.33. The minimum atomic E-state index is 0.127. The molecule has 1 N–H and O–H groups in total. The molecule has 2 rings (SSSR count). The van der Waals surface area contributed by atoms with Crippen LogP contribution in [0.4, 0.5) is 0 Å². The topological polar surface area (TPSA) is 53.2 Å². The number of nitrogens with zero attached hydrogens (tertiary/aromatic N) is 1. The molecule has 2 aromatic carbocycles. The molecule has 0 aliphatic carbocycles. The molecule has 0 atom stereocenters. The zero-order valence-corrected chi connectivity index (χ0v) is 15.6. The van der Waals surface area contributed by atoms with E-state index >= 15 is 0 Å². The third kappa shape index (κ3) is 4.02. The Morgan fingerprint density at radius 1 is 1.36 bits per heavy atom. The highest BCUT2D eigenvalue weighted by atomic mass is 127. The molecule has 3 nitrogen and oxygen atoms in total. The Morgan fingerprint density at radius 2 is 2.05 bits per heavy atom. The average Bonchev–Trinajstić information content (AvgIpc) is 2.51. The van der Waals surface area contributed by atoms with Crippen LogP contribution < -0.4 is 4.74 Å². The molecule has 0 radical (unpaired) electrons. The number of ether oxygens (including phenoxy) is 1. The molecule has 0 amide bonds. The summed E-state index contributed by atoms with van der Waals surface area (Å²) < 4.78 is 7.07. The van der Waals surface area contributed by atoms with Crippen LogP contribution in [0.5, 0.6) is 11.5 Å². The summed E-state index contributed by atoms with van der Waals surface area (Å²) in [7, 11) is 0. The highest BCUT2D eigenvalue weighted by Gasteiger charge is 2.09. The van der Waals surface area contributed by atoms with E-state index in [-0.39, 0.29) is 5.75 Å². The Labute approximate surface area is 151 Å². The van der Waals surface area contributed by atoms with E-state index in [2.05, 4.69) is 22.0 Å². The van der Waals surface area contributed by atoms with Crippen LogP contribution in [0, 0.1) is 14.9 Å². The van der Waals surface area contributed by atoms with E-state index in [1.54, 1.807) is 12.1 Å². The Bertz CT molecular complexity index is 748. The highest BCUT2D eigenvalue weighted by molar-refractivity contribution is 14.1. The van der Waals surface area contributed by atoms with Gasteiger partial charge < -0.3 is 9.84 Å². The first-order chi connectivity index (χ1) is 10.5. The number of rotatable bonds is 4. The fraction of sp³-hybridized carbons (Fsp3) is 0.118. The van der Waals surface area contributed by atoms with Gasteiger partial charge in [0, 0.05) is 4.47 Å². The lowest BCUT2D eigenvalue weighted by Gasteiger charge is -2.09. The van der Waals surface area contributed by atoms with Gasteiger partial charge in [0.2, 0.25) is 0 Å². The van der Waals surface area contributed by atoms with E-state index in [4.69, 9.17) is 4.74 Å². The third-order valence-corrected chi connectivity index (χ3v) is 4.29. The maximum absolute atomic E-state index is 9.97. The lowest BCUT2D eigenvalue weighted by molar-refractivity contribution is 0.317. The van der Waals surface area contributed by atoms with Gasteiger partial charge in [0.05, 0.1) is 21.8 Å². The van der Waals surface area contributed by atoms with E-state index in [9.17, 15) is 10.4 Å². The smallest absolute Gasteiger partial charge is 0.171 e. The molecule has 0 fully saturated rings. The van der Waals surface area contributed by atoms with Crippen molar-refractivity contribution in [2.45, 2.75) is 6.92 Å². The summed E-state index contributed by atoms with van der Waals surface area (Å²) >= 11 is 5.42. The van der Waals surface area contributed by atoms with Crippen LogP contribution in [0.25, 0.3) is 11.6 Å². The van der Waals surface area contributed by atoms with Crippen LogP contribution in [0.3, 0.4) is 0 Å². The summed E-state index contributed by atoms with van der Waals surface area (Å²) in [5.74, 6) is 0.551. The van der Waals surface area contributed by atoms with Gasteiger partial charge in [-0.3, -0.25) is 0 Å². The second kappa shape index (κ2) is 7.65. The number of allylic oxidation sites excluding steroid dienone is 1. The molecule has 0 aliphatic rings. The fourth-order valence-corrected chi connectivity index (χ4v) is 2.81. The van der Waals surface area contributed by atoms with Crippen molar-refractivity contribution in [3.63, 3.8) is 0 Å². The van der Waals surface area contributed by atoms with Crippen molar-refractivity contribution < 1.29 is 9.84 Å². The van der Waals surface area contributed by atoms with Crippen LogP contribution in [-0.4, -0.2) is 11.7 Å². The van der Waals surface area contributed by atoms with Gasteiger partial charge in [-0.05, 0) is 71.0 Å². The van der Waals surface area contributed by atoms with Gasteiger partial charge >= 0.3 is 0 Å². The van der Waals surface area contributed by atoms with Crippen molar-refractivity contribution in [1.82, 2.24) is 0 Å². The number of nitriles is 1. The second-order valence-corrected chi connectivity index (χ2v) is 6.54. The molecular weight excluding hydrogens is 457 g/mol. The molecule has 2 aromatic rings. The Hall–Kier alpha value is -1.52. The van der Waals surface area contributed by atoms with Crippen molar-refractivity contribution in [2.24, 2.45) is 0 Å². The van der Waals surface area contributed by atoms with Gasteiger partial charge in [-0.15, -0.1) is 0 Å². The third-order valence-electron chi connectivity index (χ3n) is 2.94. The molecule has 5 heteroatoms. The van der Waals surface area contributed by atoms with Crippen LogP contribution in [-0.2, 0) is 0 Å². The first-order valence-electron chi connectivity index (χ1n) is 6.58. The molecule has 0 heterocycles. The first-order valence-corrected chi connectivity index (χ1v) is 8.45. The summed E-state index contributed by atoms with van der Waals surface area (Å²) in [5, 5.41) is 19.4. The minimum Gasteiger partial charge on any atom is -0.504 e. The SMILES string of the molecule is CCOc1cc(/C=C(/C#N)c2ccc(Br)cc2)cc(I)c1O. The van der Waals surface area contributed by atoms with Crippen molar-refractivity contribution in [1.29, 1.82) is 5.26 Å². The summed E-state index contributed by atoms with van der Waals surface area (Å²) in [6, 6.07) is 13.3. The van der Waals surface area contributed by atoms with Gasteiger partial charge in [-0.2, -0.15) is 5.26 Å². The normalized spacial score (nSPS) is 11.1. The molecular formula is C17H13BrINO2. The molecule has 22 heavy (non-hydrogen) atoms. The highest BCUT2D eigenvalue weighted by Crippen LogP contribution is 2.34. The van der Waals surface area contributed by atoms with E-state index in [0.717, 1.165) is 15.6 Å². The van der Waals surface area contributed by atoms with Gasteiger partial charge in [0.25, 0.3) is 0 Å².